The zero-order chi connectivity index (χ0) is 16.2. The van der Waals surface area contributed by atoms with Crippen LogP contribution in [-0.4, -0.2) is 28.1 Å². The van der Waals surface area contributed by atoms with Gasteiger partial charge in [0.15, 0.2) is 5.01 Å². The second kappa shape index (κ2) is 6.34. The summed E-state index contributed by atoms with van der Waals surface area (Å²) in [4.78, 5) is 17.9. The number of benzene rings is 1. The number of amides is 1. The molecule has 0 aliphatic heterocycles. The monoisotopic (exact) mass is 321 g/mol. The number of carbonyl (C=O) groups excluding carboxylic acids is 1. The van der Waals surface area contributed by atoms with Gasteiger partial charge in [0, 0.05) is 30.6 Å². The third-order valence-corrected chi connectivity index (χ3v) is 4.22. The lowest BCUT2D eigenvalue weighted by molar-refractivity contribution is 0.0993. The van der Waals surface area contributed by atoms with E-state index in [1.807, 2.05) is 18.2 Å². The topological polar surface area (TPSA) is 82.8 Å². The van der Waals surface area contributed by atoms with Crippen molar-refractivity contribution in [2.45, 2.75) is 0 Å². The summed E-state index contributed by atoms with van der Waals surface area (Å²) in [5.41, 5.74) is 1.86. The molecule has 6 nitrogen and oxygen atoms in total. The van der Waals surface area contributed by atoms with Crippen LogP contribution in [0.15, 0.2) is 48.8 Å². The Hall–Kier alpha value is -3.11. The molecule has 0 N–H and O–H groups in total. The zero-order valence-corrected chi connectivity index (χ0v) is 13.0. The lowest BCUT2D eigenvalue weighted by Crippen LogP contribution is -2.26. The molecule has 0 saturated carbocycles. The minimum atomic E-state index is -0.205. The molecule has 2 heterocycles. The highest BCUT2D eigenvalue weighted by molar-refractivity contribution is 7.18. The van der Waals surface area contributed by atoms with Crippen molar-refractivity contribution in [2.24, 2.45) is 0 Å². The van der Waals surface area contributed by atoms with E-state index in [1.54, 1.807) is 43.7 Å². The number of rotatable bonds is 3. The van der Waals surface area contributed by atoms with Gasteiger partial charge < -0.3 is 0 Å². The van der Waals surface area contributed by atoms with Gasteiger partial charge in [0.2, 0.25) is 5.13 Å². The Morgan fingerprint density at radius 3 is 2.65 bits per heavy atom. The van der Waals surface area contributed by atoms with Crippen molar-refractivity contribution >= 4 is 22.4 Å². The van der Waals surface area contributed by atoms with Crippen molar-refractivity contribution in [1.82, 2.24) is 15.2 Å². The summed E-state index contributed by atoms with van der Waals surface area (Å²) >= 11 is 1.32. The first-order valence-electron chi connectivity index (χ1n) is 6.71. The molecule has 0 saturated heterocycles. The van der Waals surface area contributed by atoms with Crippen LogP contribution in [0.2, 0.25) is 0 Å². The maximum absolute atomic E-state index is 12.5. The molecule has 0 aliphatic carbocycles. The Balaban J connectivity index is 1.82. The summed E-state index contributed by atoms with van der Waals surface area (Å²) in [5, 5.41) is 18.2. The number of anilines is 1. The first-order chi connectivity index (χ1) is 11.2. The van der Waals surface area contributed by atoms with Crippen LogP contribution in [0.4, 0.5) is 5.13 Å². The number of aromatic nitrogens is 3. The molecule has 0 bridgehead atoms. The van der Waals surface area contributed by atoms with Gasteiger partial charge in [0.05, 0.1) is 11.6 Å². The van der Waals surface area contributed by atoms with Crippen LogP contribution in [-0.2, 0) is 0 Å². The molecule has 112 valence electrons. The first kappa shape index (κ1) is 14.8. The lowest BCUT2D eigenvalue weighted by atomic mass is 10.1. The second-order valence-corrected chi connectivity index (χ2v) is 5.64. The molecule has 1 amide bonds. The first-order valence-corrected chi connectivity index (χ1v) is 7.53. The Morgan fingerprint density at radius 2 is 2.00 bits per heavy atom. The molecule has 0 fully saturated rings. The van der Waals surface area contributed by atoms with Crippen molar-refractivity contribution in [3.63, 3.8) is 0 Å². The Labute approximate surface area is 136 Å². The van der Waals surface area contributed by atoms with E-state index in [4.69, 9.17) is 5.26 Å². The van der Waals surface area contributed by atoms with Crippen molar-refractivity contribution in [2.75, 3.05) is 11.9 Å². The van der Waals surface area contributed by atoms with E-state index < -0.39 is 0 Å². The summed E-state index contributed by atoms with van der Waals surface area (Å²) in [5.74, 6) is -0.205. The second-order valence-electron chi connectivity index (χ2n) is 4.68. The van der Waals surface area contributed by atoms with E-state index in [9.17, 15) is 4.79 Å². The lowest BCUT2D eigenvalue weighted by Gasteiger charge is -2.12. The van der Waals surface area contributed by atoms with Gasteiger partial charge >= 0.3 is 0 Å². The van der Waals surface area contributed by atoms with Crippen LogP contribution in [0.25, 0.3) is 10.6 Å². The average molecular weight is 321 g/mol. The molecular weight excluding hydrogens is 310 g/mol. The van der Waals surface area contributed by atoms with Crippen LogP contribution in [0.1, 0.15) is 15.9 Å². The number of pyridine rings is 1. The summed E-state index contributed by atoms with van der Waals surface area (Å²) < 4.78 is 0. The van der Waals surface area contributed by atoms with Gasteiger partial charge in [0.1, 0.15) is 0 Å². The largest absolute Gasteiger partial charge is 0.286 e. The SMILES string of the molecule is CN(C(=O)c1ccc(C#N)cc1)c1nnc(-c2cccnc2)s1. The van der Waals surface area contributed by atoms with E-state index in [2.05, 4.69) is 15.2 Å². The van der Waals surface area contributed by atoms with Gasteiger partial charge in [-0.15, -0.1) is 10.2 Å². The van der Waals surface area contributed by atoms with Crippen LogP contribution in [0.5, 0.6) is 0 Å². The van der Waals surface area contributed by atoms with Crippen LogP contribution in [0, 0.1) is 11.3 Å². The van der Waals surface area contributed by atoms with Gasteiger partial charge in [-0.3, -0.25) is 14.7 Å². The molecule has 3 rings (SSSR count). The molecular formula is C16H11N5OS. The summed E-state index contributed by atoms with van der Waals surface area (Å²) in [6.45, 7) is 0. The normalized spacial score (nSPS) is 10.1. The van der Waals surface area contributed by atoms with E-state index >= 15 is 0 Å². The van der Waals surface area contributed by atoms with Gasteiger partial charge in [-0.2, -0.15) is 5.26 Å². The molecule has 0 radical (unpaired) electrons. The molecule has 2 aromatic heterocycles. The van der Waals surface area contributed by atoms with E-state index in [0.717, 1.165) is 5.56 Å². The molecule has 3 aromatic rings. The molecule has 0 atom stereocenters. The fraction of sp³-hybridized carbons (Fsp3) is 0.0625. The quantitative estimate of drug-likeness (QED) is 0.740. The standard InChI is InChI=1S/C16H11N5OS/c1-21(15(22)12-6-4-11(9-17)5-7-12)16-20-19-14(23-16)13-3-2-8-18-10-13/h2-8,10H,1H3. The third kappa shape index (κ3) is 3.07. The van der Waals surface area contributed by atoms with Gasteiger partial charge in [0.25, 0.3) is 5.91 Å². The molecule has 1 aromatic carbocycles. The average Bonchev–Trinajstić information content (AvgIpc) is 3.11. The molecule has 0 aliphatic rings. The summed E-state index contributed by atoms with van der Waals surface area (Å²) in [6, 6.07) is 12.2. The predicted octanol–water partition coefficient (Wildman–Crippen LogP) is 2.75. The van der Waals surface area contributed by atoms with Crippen molar-refractivity contribution in [3.8, 4) is 16.6 Å². The molecule has 0 unspecified atom stereocenters. The third-order valence-electron chi connectivity index (χ3n) is 3.18. The highest BCUT2D eigenvalue weighted by atomic mass is 32.1. The van der Waals surface area contributed by atoms with Crippen LogP contribution >= 0.6 is 11.3 Å². The molecule has 7 heteroatoms. The summed E-state index contributed by atoms with van der Waals surface area (Å²) in [7, 11) is 1.65. The number of hydrogen-bond acceptors (Lipinski definition) is 6. The van der Waals surface area contributed by atoms with E-state index in [-0.39, 0.29) is 5.91 Å². The Kier molecular flexibility index (Phi) is 4.08. The van der Waals surface area contributed by atoms with E-state index in [0.29, 0.717) is 21.3 Å². The maximum Gasteiger partial charge on any atom is 0.259 e. The highest BCUT2D eigenvalue weighted by Crippen LogP contribution is 2.28. The fourth-order valence-electron chi connectivity index (χ4n) is 1.92. The van der Waals surface area contributed by atoms with Gasteiger partial charge in [-0.25, -0.2) is 0 Å². The number of nitrogens with zero attached hydrogens (tertiary/aromatic N) is 5. The van der Waals surface area contributed by atoms with Crippen molar-refractivity contribution < 1.29 is 4.79 Å². The number of carbonyl (C=O) groups is 1. The summed E-state index contributed by atoms with van der Waals surface area (Å²) in [6.07, 6.45) is 3.39. The van der Waals surface area contributed by atoms with Gasteiger partial charge in [-0.1, -0.05) is 11.3 Å². The van der Waals surface area contributed by atoms with Crippen molar-refractivity contribution in [1.29, 1.82) is 5.26 Å². The van der Waals surface area contributed by atoms with Gasteiger partial charge in [-0.05, 0) is 36.4 Å². The zero-order valence-electron chi connectivity index (χ0n) is 12.2. The molecule has 23 heavy (non-hydrogen) atoms. The van der Waals surface area contributed by atoms with Crippen molar-refractivity contribution in [3.05, 3.63) is 59.9 Å². The maximum atomic E-state index is 12.5. The smallest absolute Gasteiger partial charge is 0.259 e. The minimum Gasteiger partial charge on any atom is -0.286 e. The Morgan fingerprint density at radius 1 is 1.22 bits per heavy atom. The Bertz CT molecular complexity index is 867. The van der Waals surface area contributed by atoms with E-state index in [1.165, 1.54) is 16.2 Å². The number of nitriles is 1. The van der Waals surface area contributed by atoms with Crippen LogP contribution < -0.4 is 4.90 Å². The van der Waals surface area contributed by atoms with Crippen LogP contribution in [0.3, 0.4) is 0 Å². The predicted molar refractivity (Wildman–Crippen MR) is 87.0 cm³/mol. The fourth-order valence-corrected chi connectivity index (χ4v) is 2.72. The minimum absolute atomic E-state index is 0.205. The highest BCUT2D eigenvalue weighted by Gasteiger charge is 2.18. The molecule has 0 spiro atoms. The number of hydrogen-bond donors (Lipinski definition) is 0.